The lowest BCUT2D eigenvalue weighted by atomic mass is 9.89. The van der Waals surface area contributed by atoms with E-state index in [0.29, 0.717) is 25.7 Å². The zero-order valence-electron chi connectivity index (χ0n) is 18.4. The molecule has 0 aliphatic heterocycles. The highest BCUT2D eigenvalue weighted by molar-refractivity contribution is 5.69. The van der Waals surface area contributed by atoms with Crippen LogP contribution in [0.2, 0.25) is 0 Å². The van der Waals surface area contributed by atoms with Crippen molar-refractivity contribution in [2.24, 2.45) is 11.8 Å². The zero-order chi connectivity index (χ0) is 24.4. The molecule has 0 unspecified atom stereocenters. The molecule has 0 aromatic heterocycles. The second-order valence-electron chi connectivity index (χ2n) is 8.08. The molecule has 5 atom stereocenters. The Morgan fingerprint density at radius 2 is 2.00 bits per heavy atom. The van der Waals surface area contributed by atoms with Gasteiger partial charge in [0, 0.05) is 18.8 Å². The number of aliphatic hydroxyl groups excluding tert-OH is 3. The summed E-state index contributed by atoms with van der Waals surface area (Å²) in [5.74, 6) is -0.907. The molecule has 184 valence electrons. The Hall–Kier alpha value is -2.36. The van der Waals surface area contributed by atoms with E-state index in [-0.39, 0.29) is 36.6 Å². The van der Waals surface area contributed by atoms with Crippen LogP contribution in [0.3, 0.4) is 0 Å². The van der Waals surface area contributed by atoms with Crippen LogP contribution in [0.15, 0.2) is 48.6 Å². The highest BCUT2D eigenvalue weighted by atomic mass is 19.4. The molecule has 2 rings (SSSR count). The van der Waals surface area contributed by atoms with E-state index < -0.39 is 30.1 Å². The highest BCUT2D eigenvalue weighted by Crippen LogP contribution is 2.36. The molecule has 0 saturated heterocycles. The standard InChI is InChI=1S/C24H31F3O6/c1-32-23(31)10-5-3-2-4-9-19-20(22(30)14-21(19)29)12-11-17(28)15-33-18-8-6-7-16(13-18)24(25,26)27/h2,4,6-8,11-13,17,19-22,28-30H,3,5,9-10,14-15H2,1H3/b4-2-,12-11+/t17-,19-,20-,21-,22+/m1/s1. The molecular formula is C24H31F3O6. The van der Waals surface area contributed by atoms with Gasteiger partial charge in [-0.05, 0) is 43.4 Å². The first-order chi connectivity index (χ1) is 15.6. The minimum atomic E-state index is -4.48. The van der Waals surface area contributed by atoms with Crippen molar-refractivity contribution < 1.29 is 42.8 Å². The summed E-state index contributed by atoms with van der Waals surface area (Å²) >= 11 is 0. The van der Waals surface area contributed by atoms with E-state index in [9.17, 15) is 33.3 Å². The molecule has 6 nitrogen and oxygen atoms in total. The van der Waals surface area contributed by atoms with E-state index in [4.69, 9.17) is 4.74 Å². The van der Waals surface area contributed by atoms with Gasteiger partial charge in [-0.25, -0.2) is 0 Å². The molecule has 1 aliphatic rings. The van der Waals surface area contributed by atoms with Crippen molar-refractivity contribution in [2.45, 2.75) is 56.6 Å². The molecular weight excluding hydrogens is 441 g/mol. The van der Waals surface area contributed by atoms with Gasteiger partial charge in [0.05, 0.1) is 24.9 Å². The molecule has 3 N–H and O–H groups in total. The van der Waals surface area contributed by atoms with Crippen molar-refractivity contribution in [2.75, 3.05) is 13.7 Å². The van der Waals surface area contributed by atoms with Gasteiger partial charge in [0.2, 0.25) is 0 Å². The number of benzene rings is 1. The summed E-state index contributed by atoms with van der Waals surface area (Å²) in [7, 11) is 1.34. The molecule has 0 heterocycles. The lowest BCUT2D eigenvalue weighted by Gasteiger charge is -2.19. The van der Waals surface area contributed by atoms with Gasteiger partial charge in [-0.15, -0.1) is 0 Å². The summed E-state index contributed by atoms with van der Waals surface area (Å²) in [5, 5.41) is 30.7. The van der Waals surface area contributed by atoms with Crippen molar-refractivity contribution in [3.8, 4) is 5.75 Å². The van der Waals surface area contributed by atoms with Crippen LogP contribution in [0.25, 0.3) is 0 Å². The lowest BCUT2D eigenvalue weighted by Crippen LogP contribution is -2.21. The fourth-order valence-electron chi connectivity index (χ4n) is 3.80. The Morgan fingerprint density at radius 3 is 2.70 bits per heavy atom. The van der Waals surface area contributed by atoms with E-state index in [0.717, 1.165) is 12.1 Å². The number of hydrogen-bond acceptors (Lipinski definition) is 6. The first kappa shape index (κ1) is 26.9. The third kappa shape index (κ3) is 8.83. The first-order valence-electron chi connectivity index (χ1n) is 10.9. The quantitative estimate of drug-likeness (QED) is 0.259. The maximum absolute atomic E-state index is 12.8. The van der Waals surface area contributed by atoms with Crippen molar-refractivity contribution in [1.29, 1.82) is 0 Å². The normalized spacial score (nSPS) is 24.5. The Bertz CT molecular complexity index is 808. The molecule has 0 bridgehead atoms. The van der Waals surface area contributed by atoms with Crippen molar-refractivity contribution in [1.82, 2.24) is 0 Å². The Morgan fingerprint density at radius 1 is 1.24 bits per heavy atom. The topological polar surface area (TPSA) is 96.2 Å². The van der Waals surface area contributed by atoms with Gasteiger partial charge in [-0.1, -0.05) is 30.4 Å². The molecule has 1 aliphatic carbocycles. The van der Waals surface area contributed by atoms with Crippen LogP contribution in [0.4, 0.5) is 13.2 Å². The van der Waals surface area contributed by atoms with Gasteiger partial charge in [0.15, 0.2) is 0 Å². The van der Waals surface area contributed by atoms with E-state index >= 15 is 0 Å². The summed E-state index contributed by atoms with van der Waals surface area (Å²) in [4.78, 5) is 11.1. The van der Waals surface area contributed by atoms with Crippen LogP contribution >= 0.6 is 0 Å². The fraction of sp³-hybridized carbons (Fsp3) is 0.542. The number of ether oxygens (including phenoxy) is 2. The van der Waals surface area contributed by atoms with E-state index in [2.05, 4.69) is 4.74 Å². The van der Waals surface area contributed by atoms with Gasteiger partial charge in [-0.2, -0.15) is 13.2 Å². The van der Waals surface area contributed by atoms with Crippen LogP contribution in [0.5, 0.6) is 5.75 Å². The summed E-state index contributed by atoms with van der Waals surface area (Å²) in [5.41, 5.74) is -0.839. The van der Waals surface area contributed by atoms with E-state index in [1.165, 1.54) is 25.3 Å². The van der Waals surface area contributed by atoms with Crippen LogP contribution in [-0.2, 0) is 15.7 Å². The number of alkyl halides is 3. The predicted octanol–water partition coefficient (Wildman–Crippen LogP) is 3.65. The predicted molar refractivity (Wildman–Crippen MR) is 115 cm³/mol. The zero-order valence-corrected chi connectivity index (χ0v) is 18.4. The number of esters is 1. The third-order valence-electron chi connectivity index (χ3n) is 5.61. The smallest absolute Gasteiger partial charge is 0.416 e. The van der Waals surface area contributed by atoms with Crippen LogP contribution < -0.4 is 4.74 Å². The van der Waals surface area contributed by atoms with Crippen molar-refractivity contribution in [3.05, 3.63) is 54.1 Å². The minimum Gasteiger partial charge on any atom is -0.491 e. The molecule has 1 saturated carbocycles. The van der Waals surface area contributed by atoms with Gasteiger partial charge in [-0.3, -0.25) is 4.79 Å². The van der Waals surface area contributed by atoms with Gasteiger partial charge >= 0.3 is 12.1 Å². The molecule has 9 heteroatoms. The Balaban J connectivity index is 1.86. The number of aliphatic hydroxyl groups is 3. The fourth-order valence-corrected chi connectivity index (χ4v) is 3.80. The van der Waals surface area contributed by atoms with Crippen molar-refractivity contribution in [3.63, 3.8) is 0 Å². The number of halogens is 3. The average Bonchev–Trinajstić information content (AvgIpc) is 3.04. The monoisotopic (exact) mass is 472 g/mol. The summed E-state index contributed by atoms with van der Waals surface area (Å²) in [6.07, 6.45) is 2.21. The summed E-state index contributed by atoms with van der Waals surface area (Å²) in [6, 6.07) is 4.39. The number of methoxy groups -OCH3 is 1. The molecule has 0 amide bonds. The molecule has 1 aromatic rings. The van der Waals surface area contributed by atoms with Crippen LogP contribution in [-0.4, -0.2) is 53.3 Å². The average molecular weight is 473 g/mol. The Kier molecular flexibility index (Phi) is 10.4. The van der Waals surface area contributed by atoms with E-state index in [1.807, 2.05) is 12.2 Å². The van der Waals surface area contributed by atoms with Crippen molar-refractivity contribution >= 4 is 5.97 Å². The van der Waals surface area contributed by atoms with Gasteiger partial charge in [0.25, 0.3) is 0 Å². The molecule has 33 heavy (non-hydrogen) atoms. The molecule has 1 fully saturated rings. The number of carbonyl (C=O) groups is 1. The number of carbonyl (C=O) groups excluding carboxylic acids is 1. The third-order valence-corrected chi connectivity index (χ3v) is 5.61. The summed E-state index contributed by atoms with van der Waals surface area (Å²) in [6.45, 7) is -0.256. The summed E-state index contributed by atoms with van der Waals surface area (Å²) < 4.78 is 48.2. The second kappa shape index (κ2) is 12.8. The maximum atomic E-state index is 12.8. The second-order valence-corrected chi connectivity index (χ2v) is 8.08. The number of unbranched alkanes of at least 4 members (excludes halogenated alkanes) is 1. The largest absolute Gasteiger partial charge is 0.491 e. The number of hydrogen-bond donors (Lipinski definition) is 3. The van der Waals surface area contributed by atoms with Gasteiger partial charge in [0.1, 0.15) is 18.5 Å². The molecule has 1 aromatic carbocycles. The maximum Gasteiger partial charge on any atom is 0.416 e. The van der Waals surface area contributed by atoms with Gasteiger partial charge < -0.3 is 24.8 Å². The van der Waals surface area contributed by atoms with Crippen LogP contribution in [0, 0.1) is 11.8 Å². The Labute approximate surface area is 191 Å². The minimum absolute atomic E-state index is 0.0104. The first-order valence-corrected chi connectivity index (χ1v) is 10.9. The van der Waals surface area contributed by atoms with E-state index in [1.54, 1.807) is 6.08 Å². The number of rotatable bonds is 11. The number of allylic oxidation sites excluding steroid dienone is 2. The highest BCUT2D eigenvalue weighted by Gasteiger charge is 2.39. The lowest BCUT2D eigenvalue weighted by molar-refractivity contribution is -0.140. The molecule has 0 spiro atoms. The van der Waals surface area contributed by atoms with Crippen LogP contribution in [0.1, 0.15) is 37.7 Å². The molecule has 0 radical (unpaired) electrons. The SMILES string of the molecule is COC(=O)CCC/C=C\C[C@@H]1[C@@H](/C=C/[C@@H](O)COc2cccc(C(F)(F)F)c2)[C@@H](O)C[C@H]1O.